The molecule has 1 aromatic rings. The topological polar surface area (TPSA) is 29.9 Å². The Morgan fingerprint density at radius 3 is 2.56 bits per heavy atom. The zero-order valence-electron chi connectivity index (χ0n) is 11.2. The summed E-state index contributed by atoms with van der Waals surface area (Å²) in [5, 5.41) is 3.41. The first-order valence-corrected chi connectivity index (χ1v) is 6.08. The van der Waals surface area contributed by atoms with Gasteiger partial charge < -0.3 is 9.88 Å². The Morgan fingerprint density at radius 1 is 1.44 bits per heavy atom. The second kappa shape index (κ2) is 5.48. The summed E-state index contributed by atoms with van der Waals surface area (Å²) in [5.74, 6) is 1.18. The summed E-state index contributed by atoms with van der Waals surface area (Å²) in [4.78, 5) is 4.34. The molecule has 0 aromatic carbocycles. The molecule has 1 unspecified atom stereocenters. The Kier molecular flexibility index (Phi) is 4.54. The highest BCUT2D eigenvalue weighted by atomic mass is 15.0. The van der Waals surface area contributed by atoms with Gasteiger partial charge in [-0.15, -0.1) is 0 Å². The molecule has 1 heterocycles. The van der Waals surface area contributed by atoms with Crippen LogP contribution in [0.25, 0.3) is 0 Å². The average molecular weight is 223 g/mol. The largest absolute Gasteiger partial charge is 0.338 e. The van der Waals surface area contributed by atoms with Crippen molar-refractivity contribution in [3.8, 4) is 0 Å². The van der Waals surface area contributed by atoms with E-state index >= 15 is 0 Å². The summed E-state index contributed by atoms with van der Waals surface area (Å²) in [6.45, 7) is 6.86. The lowest BCUT2D eigenvalue weighted by Gasteiger charge is -2.30. The Hall–Kier alpha value is -0.830. The van der Waals surface area contributed by atoms with Crippen molar-refractivity contribution in [1.82, 2.24) is 14.9 Å². The molecule has 1 aromatic heterocycles. The number of aromatic nitrogens is 2. The fraction of sp³-hybridized carbons (Fsp3) is 0.769. The third kappa shape index (κ3) is 3.63. The van der Waals surface area contributed by atoms with E-state index in [1.807, 2.05) is 12.4 Å². The van der Waals surface area contributed by atoms with E-state index < -0.39 is 0 Å². The number of nitrogens with zero attached hydrogens (tertiary/aromatic N) is 2. The van der Waals surface area contributed by atoms with Crippen LogP contribution in [-0.4, -0.2) is 22.6 Å². The van der Waals surface area contributed by atoms with Gasteiger partial charge in [0.05, 0.1) is 0 Å². The number of hydrogen-bond donors (Lipinski definition) is 1. The van der Waals surface area contributed by atoms with Crippen molar-refractivity contribution >= 4 is 0 Å². The lowest BCUT2D eigenvalue weighted by Crippen LogP contribution is -2.37. The van der Waals surface area contributed by atoms with Gasteiger partial charge in [-0.1, -0.05) is 20.8 Å². The molecule has 1 rings (SSSR count). The molecule has 16 heavy (non-hydrogen) atoms. The monoisotopic (exact) mass is 223 g/mol. The predicted molar refractivity (Wildman–Crippen MR) is 68.4 cm³/mol. The molecular formula is C13H25N3. The van der Waals surface area contributed by atoms with Crippen LogP contribution in [0.1, 0.15) is 39.4 Å². The molecule has 0 amide bonds. The summed E-state index contributed by atoms with van der Waals surface area (Å²) >= 11 is 0. The van der Waals surface area contributed by atoms with Gasteiger partial charge in [0, 0.05) is 31.9 Å². The average Bonchev–Trinajstić information content (AvgIpc) is 2.57. The predicted octanol–water partition coefficient (Wildman–Crippen LogP) is 2.38. The summed E-state index contributed by atoms with van der Waals surface area (Å²) in [5.41, 5.74) is 0.330. The summed E-state index contributed by atoms with van der Waals surface area (Å²) in [7, 11) is 4.11. The van der Waals surface area contributed by atoms with Crippen LogP contribution in [0.3, 0.4) is 0 Å². The third-order valence-electron chi connectivity index (χ3n) is 3.21. The van der Waals surface area contributed by atoms with E-state index in [9.17, 15) is 0 Å². The molecule has 0 radical (unpaired) electrons. The van der Waals surface area contributed by atoms with Crippen LogP contribution in [0.15, 0.2) is 12.4 Å². The standard InChI is InChI=1S/C13H25N3/c1-13(2,3)11(14-4)7-6-8-12-15-9-10-16(12)5/h9-11,14H,6-8H2,1-5H3. The van der Waals surface area contributed by atoms with Crippen LogP contribution in [0, 0.1) is 5.41 Å². The minimum absolute atomic E-state index is 0.330. The lowest BCUT2D eigenvalue weighted by atomic mass is 9.84. The van der Waals surface area contributed by atoms with Gasteiger partial charge in [-0.3, -0.25) is 0 Å². The van der Waals surface area contributed by atoms with E-state index in [4.69, 9.17) is 0 Å². The molecule has 1 N–H and O–H groups in total. The lowest BCUT2D eigenvalue weighted by molar-refractivity contribution is 0.263. The smallest absolute Gasteiger partial charge is 0.108 e. The second-order valence-electron chi connectivity index (χ2n) is 5.55. The first-order chi connectivity index (χ1) is 7.45. The van der Waals surface area contributed by atoms with Crippen molar-refractivity contribution < 1.29 is 0 Å². The van der Waals surface area contributed by atoms with E-state index in [0.717, 1.165) is 6.42 Å². The Morgan fingerprint density at radius 2 is 2.12 bits per heavy atom. The van der Waals surface area contributed by atoms with Crippen molar-refractivity contribution in [2.75, 3.05) is 7.05 Å². The molecule has 0 saturated carbocycles. The number of hydrogen-bond acceptors (Lipinski definition) is 2. The van der Waals surface area contributed by atoms with Gasteiger partial charge >= 0.3 is 0 Å². The molecule has 0 bridgehead atoms. The first-order valence-electron chi connectivity index (χ1n) is 6.08. The fourth-order valence-electron chi connectivity index (χ4n) is 2.11. The van der Waals surface area contributed by atoms with Gasteiger partial charge in [-0.2, -0.15) is 0 Å². The van der Waals surface area contributed by atoms with E-state index in [-0.39, 0.29) is 0 Å². The summed E-state index contributed by atoms with van der Waals surface area (Å²) < 4.78 is 2.10. The molecule has 0 aliphatic heterocycles. The maximum atomic E-state index is 4.34. The van der Waals surface area contributed by atoms with Crippen LogP contribution in [0.5, 0.6) is 0 Å². The molecule has 0 spiro atoms. The third-order valence-corrected chi connectivity index (χ3v) is 3.21. The Balaban J connectivity index is 2.37. The molecule has 1 atom stereocenters. The Bertz CT molecular complexity index is 309. The highest BCUT2D eigenvalue weighted by molar-refractivity contribution is 4.91. The van der Waals surface area contributed by atoms with Gasteiger partial charge in [-0.05, 0) is 25.3 Å². The Labute approximate surface area is 99.3 Å². The maximum absolute atomic E-state index is 4.34. The van der Waals surface area contributed by atoms with E-state index in [1.54, 1.807) is 0 Å². The number of aryl methyl sites for hydroxylation is 2. The van der Waals surface area contributed by atoms with Gasteiger partial charge in [0.2, 0.25) is 0 Å². The van der Waals surface area contributed by atoms with E-state index in [0.29, 0.717) is 11.5 Å². The van der Waals surface area contributed by atoms with Crippen molar-refractivity contribution in [2.45, 2.75) is 46.1 Å². The molecule has 0 fully saturated rings. The highest BCUT2D eigenvalue weighted by Crippen LogP contribution is 2.23. The number of rotatable bonds is 5. The van der Waals surface area contributed by atoms with E-state index in [1.165, 1.54) is 18.7 Å². The van der Waals surface area contributed by atoms with Crippen LogP contribution < -0.4 is 5.32 Å². The summed E-state index contributed by atoms with van der Waals surface area (Å²) in [6, 6.07) is 0.577. The summed E-state index contributed by atoms with van der Waals surface area (Å²) in [6.07, 6.45) is 7.33. The van der Waals surface area contributed by atoms with Crippen molar-refractivity contribution in [3.05, 3.63) is 18.2 Å². The SMILES string of the molecule is CNC(CCCc1nccn1C)C(C)(C)C. The van der Waals surface area contributed by atoms with Crippen LogP contribution >= 0.6 is 0 Å². The highest BCUT2D eigenvalue weighted by Gasteiger charge is 2.22. The molecule has 0 aliphatic rings. The molecular weight excluding hydrogens is 198 g/mol. The van der Waals surface area contributed by atoms with Crippen LogP contribution in [0.4, 0.5) is 0 Å². The quantitative estimate of drug-likeness (QED) is 0.830. The second-order valence-corrected chi connectivity index (χ2v) is 5.55. The van der Waals surface area contributed by atoms with Crippen molar-refractivity contribution in [1.29, 1.82) is 0 Å². The van der Waals surface area contributed by atoms with Crippen LogP contribution in [-0.2, 0) is 13.5 Å². The molecule has 3 nitrogen and oxygen atoms in total. The zero-order valence-corrected chi connectivity index (χ0v) is 11.2. The molecule has 92 valence electrons. The first kappa shape index (κ1) is 13.2. The number of imidazole rings is 1. The normalized spacial score (nSPS) is 14.1. The van der Waals surface area contributed by atoms with Gasteiger partial charge in [-0.25, -0.2) is 4.98 Å². The van der Waals surface area contributed by atoms with Gasteiger partial charge in [0.25, 0.3) is 0 Å². The molecule has 3 heteroatoms. The molecule has 0 aliphatic carbocycles. The van der Waals surface area contributed by atoms with Crippen LogP contribution in [0.2, 0.25) is 0 Å². The zero-order chi connectivity index (χ0) is 12.2. The minimum Gasteiger partial charge on any atom is -0.338 e. The van der Waals surface area contributed by atoms with Gasteiger partial charge in [0.1, 0.15) is 5.82 Å². The van der Waals surface area contributed by atoms with Gasteiger partial charge in [0.15, 0.2) is 0 Å². The fourth-order valence-corrected chi connectivity index (χ4v) is 2.11. The van der Waals surface area contributed by atoms with Crippen molar-refractivity contribution in [3.63, 3.8) is 0 Å². The van der Waals surface area contributed by atoms with Crippen molar-refractivity contribution in [2.24, 2.45) is 12.5 Å². The molecule has 0 saturated heterocycles. The minimum atomic E-state index is 0.330. The maximum Gasteiger partial charge on any atom is 0.108 e. The van der Waals surface area contributed by atoms with E-state index in [2.05, 4.69) is 49.7 Å². The number of nitrogens with one attached hydrogen (secondary N) is 1.